The van der Waals surface area contributed by atoms with Crippen LogP contribution in [0.4, 0.5) is 0 Å². The van der Waals surface area contributed by atoms with Gasteiger partial charge < -0.3 is 0 Å². The van der Waals surface area contributed by atoms with Crippen molar-refractivity contribution in [3.05, 3.63) is 84.1 Å². The van der Waals surface area contributed by atoms with Gasteiger partial charge >= 0.3 is 224 Å². The van der Waals surface area contributed by atoms with Crippen molar-refractivity contribution in [3.63, 3.8) is 0 Å². The van der Waals surface area contributed by atoms with E-state index < -0.39 is 13.3 Å². The first kappa shape index (κ1) is 24.5. The van der Waals surface area contributed by atoms with E-state index in [-0.39, 0.29) is 0 Å². The van der Waals surface area contributed by atoms with Gasteiger partial charge in [0, 0.05) is 0 Å². The average Bonchev–Trinajstić information content (AvgIpc) is 3.27. The zero-order valence-electron chi connectivity index (χ0n) is 22.9. The molecule has 0 N–H and O–H groups in total. The number of fused-ring (bicyclic) bond motifs is 3. The fourth-order valence-electron chi connectivity index (χ4n) is 6.16. The van der Waals surface area contributed by atoms with Gasteiger partial charge in [0.1, 0.15) is 0 Å². The number of aromatic nitrogens is 1. The summed E-state index contributed by atoms with van der Waals surface area (Å²) in [6.45, 7) is 2.19. The van der Waals surface area contributed by atoms with Crippen LogP contribution in [-0.2, 0) is 7.05 Å². The number of hydrogen-bond donors (Lipinski definition) is 0. The first-order chi connectivity index (χ1) is 17.8. The van der Waals surface area contributed by atoms with E-state index in [1.54, 1.807) is 0 Å². The molecular weight excluding hydrogens is 511 g/mol. The van der Waals surface area contributed by atoms with Gasteiger partial charge in [0.25, 0.3) is 0 Å². The quantitative estimate of drug-likeness (QED) is 0.162. The van der Waals surface area contributed by atoms with Crippen molar-refractivity contribution >= 4 is 39.6 Å². The Hall–Kier alpha value is -2.85. The van der Waals surface area contributed by atoms with Crippen LogP contribution in [0.3, 0.4) is 0 Å². The summed E-state index contributed by atoms with van der Waals surface area (Å²) in [7, 11) is 2.11. The molecule has 1 aliphatic carbocycles. The Kier molecular flexibility index (Phi) is 6.27. The second-order valence-corrected chi connectivity index (χ2v) is 22.7. The molecule has 0 unspecified atom stereocenters. The first-order valence-corrected chi connectivity index (χ1v) is 21.2. The molecule has 0 aliphatic heterocycles. The number of pyridine rings is 1. The molecule has 6 rings (SSSR count). The maximum absolute atomic E-state index is 6.88. The number of nitrogens with zero attached hydrogens (tertiary/aromatic N) is 1. The monoisotopic (exact) mass is 550 g/mol. The van der Waals surface area contributed by atoms with Gasteiger partial charge in [-0.3, -0.25) is 0 Å². The topological polar surface area (TPSA) is 17.0 Å². The molecule has 5 aromatic rings. The third kappa shape index (κ3) is 4.44. The molecule has 2 aromatic heterocycles. The van der Waals surface area contributed by atoms with Crippen molar-refractivity contribution < 1.29 is 8.98 Å². The van der Waals surface area contributed by atoms with Crippen LogP contribution in [0.25, 0.3) is 44.3 Å². The molecule has 1 fully saturated rings. The van der Waals surface area contributed by atoms with E-state index in [1.165, 1.54) is 80.8 Å². The molecule has 0 bridgehead atoms. The van der Waals surface area contributed by atoms with Crippen molar-refractivity contribution in [3.8, 4) is 22.4 Å². The molecule has 0 saturated heterocycles. The van der Waals surface area contributed by atoms with Gasteiger partial charge in [-0.15, -0.1) is 0 Å². The summed E-state index contributed by atoms with van der Waals surface area (Å²) in [5.74, 6) is 8.18. The van der Waals surface area contributed by atoms with Crippen LogP contribution < -0.4 is 8.96 Å². The number of hydrogen-bond acceptors (Lipinski definition) is 1. The van der Waals surface area contributed by atoms with Crippen molar-refractivity contribution in [2.45, 2.75) is 62.2 Å². The van der Waals surface area contributed by atoms with Gasteiger partial charge in [-0.25, -0.2) is 0 Å². The predicted molar refractivity (Wildman–Crippen MR) is 159 cm³/mol. The van der Waals surface area contributed by atoms with Crippen LogP contribution in [0.15, 0.2) is 77.3 Å². The number of furan rings is 1. The summed E-state index contributed by atoms with van der Waals surface area (Å²) < 4.78 is 10.6. The Labute approximate surface area is 223 Å². The minimum absolute atomic E-state index is 0.724. The molecule has 2 nitrogen and oxygen atoms in total. The Bertz CT molecular complexity index is 1600. The SMILES string of the molecule is Cc1ccc2c(oc3c(-c4ccc(C5CCCCC5)cc4)c[c]([Ge]([CH3])([CH3])[CH3])cc32)c1-c1cccc[n+]1C. The van der Waals surface area contributed by atoms with Crippen LogP contribution in [0.5, 0.6) is 0 Å². The summed E-state index contributed by atoms with van der Waals surface area (Å²) >= 11 is -2.11. The van der Waals surface area contributed by atoms with E-state index >= 15 is 0 Å². The molecular formula is C34H38GeNO+. The van der Waals surface area contributed by atoms with E-state index in [0.29, 0.717) is 0 Å². The van der Waals surface area contributed by atoms with Crippen molar-refractivity contribution in [2.75, 3.05) is 0 Å². The van der Waals surface area contributed by atoms with Crippen molar-refractivity contribution in [2.24, 2.45) is 7.05 Å². The van der Waals surface area contributed by atoms with E-state index in [2.05, 4.69) is 109 Å². The van der Waals surface area contributed by atoms with Gasteiger partial charge in [0.05, 0.1) is 0 Å². The van der Waals surface area contributed by atoms with Crippen molar-refractivity contribution in [1.29, 1.82) is 0 Å². The van der Waals surface area contributed by atoms with E-state index in [4.69, 9.17) is 4.42 Å². The molecule has 0 spiro atoms. The Morgan fingerprint density at radius 3 is 2.27 bits per heavy atom. The van der Waals surface area contributed by atoms with E-state index in [1.807, 2.05) is 0 Å². The number of aryl methyl sites for hydroxylation is 2. The molecule has 188 valence electrons. The predicted octanol–water partition coefficient (Wildman–Crippen LogP) is 8.65. The summed E-state index contributed by atoms with van der Waals surface area (Å²) in [5.41, 5.74) is 9.62. The Morgan fingerprint density at radius 1 is 0.811 bits per heavy atom. The third-order valence-corrected chi connectivity index (χ3v) is 12.7. The zero-order valence-corrected chi connectivity index (χ0v) is 25.0. The minimum atomic E-state index is -2.11. The summed E-state index contributed by atoms with van der Waals surface area (Å²) in [4.78, 5) is 0. The fourth-order valence-corrected chi connectivity index (χ4v) is 8.58. The van der Waals surface area contributed by atoms with Gasteiger partial charge in [0.15, 0.2) is 0 Å². The molecule has 0 atom stereocenters. The van der Waals surface area contributed by atoms with Crippen LogP contribution in [-0.4, -0.2) is 13.3 Å². The summed E-state index contributed by atoms with van der Waals surface area (Å²) in [6.07, 6.45) is 8.91. The summed E-state index contributed by atoms with van der Waals surface area (Å²) in [6, 6.07) is 25.2. The van der Waals surface area contributed by atoms with E-state index in [0.717, 1.165) is 17.1 Å². The normalized spacial score (nSPS) is 15.1. The zero-order chi connectivity index (χ0) is 25.7. The van der Waals surface area contributed by atoms with E-state index in [9.17, 15) is 0 Å². The molecule has 0 radical (unpaired) electrons. The molecule has 3 heteroatoms. The number of benzene rings is 3. The van der Waals surface area contributed by atoms with Crippen LogP contribution in [0, 0.1) is 6.92 Å². The molecule has 1 aliphatic rings. The maximum atomic E-state index is 6.88. The van der Waals surface area contributed by atoms with Crippen molar-refractivity contribution in [1.82, 2.24) is 0 Å². The molecule has 0 amide bonds. The number of rotatable bonds is 4. The Morgan fingerprint density at radius 2 is 1.57 bits per heavy atom. The van der Waals surface area contributed by atoms with Gasteiger partial charge in [-0.1, -0.05) is 0 Å². The third-order valence-electron chi connectivity index (χ3n) is 8.42. The fraction of sp³-hybridized carbons (Fsp3) is 0.324. The standard InChI is InChI=1S/C34H38GeNO/c1-23-14-19-28-30-22-27(35(2,3)4)21-29(26-17-15-25(16-18-26)24-11-7-6-8-12-24)33(30)37-34(28)32(23)31-13-9-10-20-36(31)5/h9-10,13-22,24H,6-8,11-12H2,1-5H3/q+1. The average molecular weight is 549 g/mol. The Balaban J connectivity index is 1.59. The van der Waals surface area contributed by atoms with Gasteiger partial charge in [0.2, 0.25) is 0 Å². The molecule has 2 heterocycles. The van der Waals surface area contributed by atoms with Crippen LogP contribution in [0.1, 0.15) is 49.1 Å². The van der Waals surface area contributed by atoms with Gasteiger partial charge in [-0.2, -0.15) is 0 Å². The second-order valence-electron chi connectivity index (χ2n) is 12.0. The van der Waals surface area contributed by atoms with Crippen LogP contribution >= 0.6 is 0 Å². The molecule has 3 aromatic carbocycles. The summed E-state index contributed by atoms with van der Waals surface area (Å²) in [5, 5.41) is 2.47. The van der Waals surface area contributed by atoms with Gasteiger partial charge in [-0.05, 0) is 0 Å². The molecule has 1 saturated carbocycles. The second kappa shape index (κ2) is 9.47. The molecule has 37 heavy (non-hydrogen) atoms. The van der Waals surface area contributed by atoms with Crippen LogP contribution in [0.2, 0.25) is 17.3 Å². The first-order valence-electron chi connectivity index (χ1n) is 13.9.